The van der Waals surface area contributed by atoms with E-state index in [0.29, 0.717) is 55.8 Å². The van der Waals surface area contributed by atoms with Crippen LogP contribution in [0.5, 0.6) is 0 Å². The van der Waals surface area contributed by atoms with Crippen molar-refractivity contribution in [2.24, 2.45) is 68.5 Å². The second kappa shape index (κ2) is 12.1. The van der Waals surface area contributed by atoms with Crippen LogP contribution >= 0.6 is 0 Å². The van der Waals surface area contributed by atoms with Gasteiger partial charge in [-0.15, -0.1) is 0 Å². The summed E-state index contributed by atoms with van der Waals surface area (Å²) in [6, 6.07) is -1.44. The number of carbonyl (C=O) groups excluding carboxylic acids is 1. The lowest BCUT2D eigenvalue weighted by Crippen LogP contribution is -2.70. The molecule has 7 fully saturated rings. The highest BCUT2D eigenvalue weighted by Crippen LogP contribution is 2.77. The highest BCUT2D eigenvalue weighted by Gasteiger charge is 2.72. The molecule has 7 aliphatic rings. The fraction of sp³-hybridized carbons (Fsp3) is 0.909. The molecule has 6 nitrogen and oxygen atoms in total. The maximum Gasteiger partial charge on any atom is 0.310 e. The molecular formula is C44H72N2O4. The van der Waals surface area contributed by atoms with Crippen LogP contribution < -0.4 is 0 Å². The van der Waals surface area contributed by atoms with Gasteiger partial charge in [-0.1, -0.05) is 60.6 Å². The summed E-state index contributed by atoms with van der Waals surface area (Å²) in [5, 5.41) is 9.46. The maximum absolute atomic E-state index is 13.6. The van der Waals surface area contributed by atoms with Gasteiger partial charge >= 0.3 is 11.9 Å². The van der Waals surface area contributed by atoms with Crippen LogP contribution in [0, 0.1) is 68.5 Å². The van der Waals surface area contributed by atoms with E-state index in [1.807, 2.05) is 13.8 Å². The van der Waals surface area contributed by atoms with E-state index in [1.165, 1.54) is 18.4 Å². The second-order valence-electron chi connectivity index (χ2n) is 20.5. The molecular weight excluding hydrogens is 620 g/mol. The molecule has 1 heterocycles. The molecule has 0 radical (unpaired) electrons. The van der Waals surface area contributed by atoms with Crippen molar-refractivity contribution < 1.29 is 27.7 Å². The molecule has 6 saturated carbocycles. The van der Waals surface area contributed by atoms with Crippen LogP contribution in [0.25, 0.3) is 0 Å². The number of carbonyl (C=O) groups is 2. The number of hydrogen-bond donors (Lipinski definition) is 1. The number of carboxylic acid groups (broad SMARTS) is 1. The molecule has 282 valence electrons. The van der Waals surface area contributed by atoms with Crippen LogP contribution in [0.4, 0.5) is 0 Å². The van der Waals surface area contributed by atoms with Crippen LogP contribution in [-0.2, 0) is 14.3 Å². The number of nitrogens with zero attached hydrogens (tertiary/aromatic N) is 2. The lowest BCUT2D eigenvalue weighted by molar-refractivity contribution is -0.252. The molecule has 1 saturated heterocycles. The fourth-order valence-electron chi connectivity index (χ4n) is 15.3. The van der Waals surface area contributed by atoms with Gasteiger partial charge < -0.3 is 9.84 Å². The number of esters is 1. The first kappa shape index (κ1) is 30.0. The van der Waals surface area contributed by atoms with Gasteiger partial charge in [-0.05, 0) is 142 Å². The standard InChI is InChI=1S/C44H72N2O4/c1-27(2)29-14-19-44(46-24-22-45(23-25-46)28(3)4)21-20-42(10)30(36(29)44)12-13-33-41(9)17-16-34(40(7,8)32(41)15-18-43(33,42)11)50-38(49)37-31(26-35(47)48)39(37,5)6/h28-34,36-37H,1,12-26H2,2-11H3,(H,47,48)/t29-,30+,31+,32-,33+,34-,36+,37+,41-,42+,43+,44-/m0/s1/i3D3,4D3. The summed E-state index contributed by atoms with van der Waals surface area (Å²) in [7, 11) is 0. The average Bonchev–Trinajstić information content (AvgIpc) is 3.37. The number of fused-ring (bicyclic) bond motifs is 7. The molecule has 7 rings (SSSR count). The van der Waals surface area contributed by atoms with Crippen molar-refractivity contribution in [3.8, 4) is 0 Å². The van der Waals surface area contributed by atoms with E-state index in [0.717, 1.165) is 51.4 Å². The smallest absolute Gasteiger partial charge is 0.310 e. The summed E-state index contributed by atoms with van der Waals surface area (Å²) < 4.78 is 55.0. The summed E-state index contributed by atoms with van der Waals surface area (Å²) in [6.07, 6.45) is 10.9. The molecule has 0 spiro atoms. The van der Waals surface area contributed by atoms with E-state index >= 15 is 0 Å². The Labute approximate surface area is 313 Å². The van der Waals surface area contributed by atoms with Gasteiger partial charge in [-0.3, -0.25) is 19.4 Å². The van der Waals surface area contributed by atoms with Crippen molar-refractivity contribution >= 4 is 11.9 Å². The number of aliphatic carboxylic acids is 1. The van der Waals surface area contributed by atoms with Gasteiger partial charge in [0.1, 0.15) is 6.10 Å². The van der Waals surface area contributed by atoms with Gasteiger partial charge in [-0.2, -0.15) is 0 Å². The van der Waals surface area contributed by atoms with Gasteiger partial charge in [0, 0.05) is 57.8 Å². The quantitative estimate of drug-likeness (QED) is 0.211. The zero-order chi connectivity index (χ0) is 41.4. The zero-order valence-electron chi connectivity index (χ0n) is 38.6. The molecule has 0 aromatic carbocycles. The summed E-state index contributed by atoms with van der Waals surface area (Å²) in [5.41, 5.74) is 1.18. The van der Waals surface area contributed by atoms with Crippen molar-refractivity contribution in [3.63, 3.8) is 0 Å². The number of ether oxygens (including phenoxy) is 1. The van der Waals surface area contributed by atoms with Gasteiger partial charge in [0.05, 0.1) is 5.92 Å². The molecule has 0 bridgehead atoms. The average molecular weight is 699 g/mol. The van der Waals surface area contributed by atoms with Gasteiger partial charge in [0.25, 0.3) is 0 Å². The Balaban J connectivity index is 1.11. The largest absolute Gasteiger partial charge is 0.481 e. The number of carboxylic acids is 1. The van der Waals surface area contributed by atoms with Crippen LogP contribution in [0.2, 0.25) is 0 Å². The predicted octanol–water partition coefficient (Wildman–Crippen LogP) is 9.08. The lowest BCUT2D eigenvalue weighted by Gasteiger charge is -2.73. The lowest BCUT2D eigenvalue weighted by atomic mass is 9.32. The van der Waals surface area contributed by atoms with Crippen LogP contribution in [-0.4, -0.2) is 70.7 Å². The van der Waals surface area contributed by atoms with Crippen molar-refractivity contribution in [3.05, 3.63) is 12.2 Å². The number of allylic oxidation sites excluding steroid dienone is 1. The topological polar surface area (TPSA) is 70.1 Å². The van der Waals surface area contributed by atoms with E-state index in [2.05, 4.69) is 53.0 Å². The minimum absolute atomic E-state index is 0.00704. The normalized spacial score (nSPS) is 50.4. The van der Waals surface area contributed by atoms with Crippen molar-refractivity contribution in [2.75, 3.05) is 26.2 Å². The van der Waals surface area contributed by atoms with E-state index in [1.54, 1.807) is 4.90 Å². The van der Waals surface area contributed by atoms with Crippen LogP contribution in [0.3, 0.4) is 0 Å². The number of piperazine rings is 1. The molecule has 6 aliphatic carbocycles. The van der Waals surface area contributed by atoms with E-state index in [4.69, 9.17) is 13.0 Å². The van der Waals surface area contributed by atoms with Crippen molar-refractivity contribution in [2.45, 2.75) is 157 Å². The Hall–Kier alpha value is -1.40. The van der Waals surface area contributed by atoms with E-state index in [9.17, 15) is 14.7 Å². The van der Waals surface area contributed by atoms with E-state index < -0.39 is 25.7 Å². The third-order valence-electron chi connectivity index (χ3n) is 18.2. The van der Waals surface area contributed by atoms with Gasteiger partial charge in [-0.25, -0.2) is 0 Å². The van der Waals surface area contributed by atoms with Gasteiger partial charge in [0.2, 0.25) is 0 Å². The minimum Gasteiger partial charge on any atom is -0.481 e. The Kier molecular flexibility index (Phi) is 7.23. The first-order valence-electron chi connectivity index (χ1n) is 23.2. The summed E-state index contributed by atoms with van der Waals surface area (Å²) >= 11 is 0. The molecule has 1 aliphatic heterocycles. The predicted molar refractivity (Wildman–Crippen MR) is 200 cm³/mol. The summed E-state index contributed by atoms with van der Waals surface area (Å²) in [4.78, 5) is 29.6. The monoisotopic (exact) mass is 699 g/mol. The SMILES string of the molecule is [2H]C([2H])([2H])C(N1CCN([C@]23CC[C@@H](C(=C)C)[C@@H]2[C@H]2CC[C@@H]4[C@@]5(C)CC[C@H](OC(=O)[C@H]6[C@@H](CC(=O)O)C6(C)C)C(C)(C)[C@@H]5CC[C@@]4(C)[C@]2(C)CC3)CC1)C([2H])([2H])[2H]. The third-order valence-corrected chi connectivity index (χ3v) is 18.2. The van der Waals surface area contributed by atoms with E-state index in [-0.39, 0.29) is 62.9 Å². The third kappa shape index (κ3) is 5.12. The maximum atomic E-state index is 13.6. The Bertz CT molecular complexity index is 1570. The number of rotatable bonds is 7. The molecule has 0 aromatic heterocycles. The number of hydrogen-bond acceptors (Lipinski definition) is 5. The second-order valence-corrected chi connectivity index (χ2v) is 20.5. The Morgan fingerprint density at radius 3 is 2.18 bits per heavy atom. The Morgan fingerprint density at radius 2 is 1.54 bits per heavy atom. The highest BCUT2D eigenvalue weighted by atomic mass is 16.5. The van der Waals surface area contributed by atoms with Crippen molar-refractivity contribution in [1.29, 1.82) is 0 Å². The van der Waals surface area contributed by atoms with Gasteiger partial charge in [0.15, 0.2) is 0 Å². The van der Waals surface area contributed by atoms with Crippen LogP contribution in [0.1, 0.15) is 148 Å². The highest BCUT2D eigenvalue weighted by molar-refractivity contribution is 5.80. The minimum atomic E-state index is -2.57. The Morgan fingerprint density at radius 1 is 0.840 bits per heavy atom. The molecule has 1 N–H and O–H groups in total. The van der Waals surface area contributed by atoms with Crippen molar-refractivity contribution in [1.82, 2.24) is 9.80 Å². The molecule has 0 aromatic rings. The molecule has 0 amide bonds. The van der Waals surface area contributed by atoms with Crippen LogP contribution in [0.15, 0.2) is 12.2 Å². The summed E-state index contributed by atoms with van der Waals surface area (Å²) in [6.45, 7) is 20.5. The molecule has 12 atom stereocenters. The molecule has 50 heavy (non-hydrogen) atoms. The fourth-order valence-corrected chi connectivity index (χ4v) is 15.3. The zero-order valence-corrected chi connectivity index (χ0v) is 32.6. The first-order valence-corrected chi connectivity index (χ1v) is 20.2. The molecule has 6 heteroatoms. The first-order chi connectivity index (χ1) is 25.7. The molecule has 0 unspecified atom stereocenters. The summed E-state index contributed by atoms with van der Waals surface area (Å²) in [5.74, 6) is 0.850.